The number of piperazine rings is 1. The van der Waals surface area contributed by atoms with Crippen molar-refractivity contribution in [1.29, 1.82) is 0 Å². The zero-order valence-corrected chi connectivity index (χ0v) is 18.2. The lowest BCUT2D eigenvalue weighted by atomic mass is 10.1. The van der Waals surface area contributed by atoms with E-state index in [1.54, 1.807) is 6.20 Å². The van der Waals surface area contributed by atoms with Crippen molar-refractivity contribution >= 4 is 5.91 Å². The first-order valence-corrected chi connectivity index (χ1v) is 11.0. The van der Waals surface area contributed by atoms with Gasteiger partial charge in [0, 0.05) is 39.1 Å². The van der Waals surface area contributed by atoms with Crippen LogP contribution in [0.4, 0.5) is 0 Å². The molecule has 1 aromatic heterocycles. The fraction of sp³-hybridized carbons (Fsp3) is 0.360. The molecule has 1 amide bonds. The van der Waals surface area contributed by atoms with Crippen LogP contribution in [0.15, 0.2) is 48.7 Å². The highest BCUT2D eigenvalue weighted by Crippen LogP contribution is 2.26. The maximum absolute atomic E-state index is 13.2. The molecule has 5 rings (SSSR count). The maximum atomic E-state index is 13.2. The summed E-state index contributed by atoms with van der Waals surface area (Å²) in [7, 11) is 0. The van der Waals surface area contributed by atoms with Crippen molar-refractivity contribution in [3.63, 3.8) is 0 Å². The van der Waals surface area contributed by atoms with Crippen LogP contribution < -0.4 is 4.74 Å². The van der Waals surface area contributed by atoms with E-state index in [0.717, 1.165) is 62.9 Å². The van der Waals surface area contributed by atoms with E-state index in [9.17, 15) is 4.79 Å². The Morgan fingerprint density at radius 1 is 1.06 bits per heavy atom. The highest BCUT2D eigenvalue weighted by molar-refractivity contribution is 5.95. The lowest BCUT2D eigenvalue weighted by Gasteiger charge is -2.34. The van der Waals surface area contributed by atoms with Crippen molar-refractivity contribution in [3.8, 4) is 11.4 Å². The number of rotatable bonds is 4. The van der Waals surface area contributed by atoms with Gasteiger partial charge in [-0.1, -0.05) is 24.3 Å². The van der Waals surface area contributed by atoms with Gasteiger partial charge in [0.25, 0.3) is 5.91 Å². The summed E-state index contributed by atoms with van der Waals surface area (Å²) >= 11 is 0. The molecule has 0 N–H and O–H groups in total. The van der Waals surface area contributed by atoms with E-state index >= 15 is 0 Å². The second kappa shape index (κ2) is 8.19. The standard InChI is InChI=1S/C25H28N4O2/c1-18-4-3-5-22(14-18)29-19(2)23(16-26-29)25(30)28-11-9-27(10-12-28)17-20-6-7-24-21(15-20)8-13-31-24/h3-7,14-16H,8-13,17H2,1-2H3. The van der Waals surface area contributed by atoms with Gasteiger partial charge < -0.3 is 9.64 Å². The first kappa shape index (κ1) is 19.8. The summed E-state index contributed by atoms with van der Waals surface area (Å²) in [6.07, 6.45) is 2.71. The normalized spacial score (nSPS) is 16.3. The molecule has 2 aromatic carbocycles. The van der Waals surface area contributed by atoms with Gasteiger partial charge in [-0.15, -0.1) is 0 Å². The number of carbonyl (C=O) groups is 1. The molecular weight excluding hydrogens is 388 g/mol. The first-order chi connectivity index (χ1) is 15.1. The minimum Gasteiger partial charge on any atom is -0.493 e. The van der Waals surface area contributed by atoms with Gasteiger partial charge in [-0.25, -0.2) is 4.68 Å². The van der Waals surface area contributed by atoms with Crippen LogP contribution in [-0.2, 0) is 13.0 Å². The number of amides is 1. The molecule has 0 bridgehead atoms. The topological polar surface area (TPSA) is 50.6 Å². The summed E-state index contributed by atoms with van der Waals surface area (Å²) in [5, 5.41) is 4.49. The number of hydrogen-bond donors (Lipinski definition) is 0. The molecule has 0 aliphatic carbocycles. The lowest BCUT2D eigenvalue weighted by molar-refractivity contribution is 0.0627. The van der Waals surface area contributed by atoms with Crippen LogP contribution in [0.2, 0.25) is 0 Å². The van der Waals surface area contributed by atoms with Gasteiger partial charge in [-0.05, 0) is 48.7 Å². The fourth-order valence-corrected chi connectivity index (χ4v) is 4.52. The first-order valence-electron chi connectivity index (χ1n) is 11.0. The van der Waals surface area contributed by atoms with Crippen molar-refractivity contribution < 1.29 is 9.53 Å². The molecule has 1 saturated heterocycles. The monoisotopic (exact) mass is 416 g/mol. The van der Waals surface area contributed by atoms with Crippen LogP contribution in [-0.4, -0.2) is 58.3 Å². The highest BCUT2D eigenvalue weighted by atomic mass is 16.5. The Kier molecular flexibility index (Phi) is 5.24. The third-order valence-electron chi connectivity index (χ3n) is 6.31. The molecule has 6 nitrogen and oxygen atoms in total. The van der Waals surface area contributed by atoms with Gasteiger partial charge in [-0.3, -0.25) is 9.69 Å². The maximum Gasteiger partial charge on any atom is 0.257 e. The van der Waals surface area contributed by atoms with E-state index in [0.29, 0.717) is 5.56 Å². The summed E-state index contributed by atoms with van der Waals surface area (Å²) in [5.74, 6) is 1.10. The van der Waals surface area contributed by atoms with Gasteiger partial charge in [0.05, 0.1) is 29.7 Å². The third kappa shape index (κ3) is 3.95. The minimum atomic E-state index is 0.0748. The van der Waals surface area contributed by atoms with Crippen molar-refractivity contribution in [2.24, 2.45) is 0 Å². The Hall–Kier alpha value is -3.12. The molecule has 31 heavy (non-hydrogen) atoms. The number of carbonyl (C=O) groups excluding carboxylic acids is 1. The largest absolute Gasteiger partial charge is 0.493 e. The summed E-state index contributed by atoms with van der Waals surface area (Å²) in [6.45, 7) is 8.97. The Bertz CT molecular complexity index is 1110. The average molecular weight is 417 g/mol. The molecule has 0 saturated carbocycles. The van der Waals surface area contributed by atoms with Crippen LogP contribution in [0.3, 0.4) is 0 Å². The van der Waals surface area contributed by atoms with Gasteiger partial charge in [0.1, 0.15) is 5.75 Å². The average Bonchev–Trinajstić information content (AvgIpc) is 3.40. The van der Waals surface area contributed by atoms with Gasteiger partial charge >= 0.3 is 0 Å². The number of nitrogens with zero attached hydrogens (tertiary/aromatic N) is 4. The molecule has 2 aliphatic heterocycles. The highest BCUT2D eigenvalue weighted by Gasteiger charge is 2.25. The number of fused-ring (bicyclic) bond motifs is 1. The summed E-state index contributed by atoms with van der Waals surface area (Å²) in [6, 6.07) is 14.7. The van der Waals surface area contributed by atoms with Crippen molar-refractivity contribution in [1.82, 2.24) is 19.6 Å². The summed E-state index contributed by atoms with van der Waals surface area (Å²) in [4.78, 5) is 17.5. The predicted octanol–water partition coefficient (Wildman–Crippen LogP) is 3.38. The van der Waals surface area contributed by atoms with Crippen LogP contribution in [0.25, 0.3) is 5.69 Å². The zero-order chi connectivity index (χ0) is 21.4. The molecular formula is C25H28N4O2. The molecule has 1 fully saturated rings. The number of aryl methyl sites for hydroxylation is 1. The Balaban J connectivity index is 1.22. The molecule has 3 heterocycles. The Morgan fingerprint density at radius 3 is 2.71 bits per heavy atom. The van der Waals surface area contributed by atoms with E-state index in [-0.39, 0.29) is 5.91 Å². The quantitative estimate of drug-likeness (QED) is 0.654. The van der Waals surface area contributed by atoms with Crippen LogP contribution in [0, 0.1) is 13.8 Å². The molecule has 0 spiro atoms. The number of hydrogen-bond acceptors (Lipinski definition) is 4. The van der Waals surface area contributed by atoms with E-state index < -0.39 is 0 Å². The fourth-order valence-electron chi connectivity index (χ4n) is 4.52. The molecule has 2 aliphatic rings. The van der Waals surface area contributed by atoms with Crippen molar-refractivity contribution in [2.45, 2.75) is 26.8 Å². The number of aromatic nitrogens is 2. The number of benzene rings is 2. The van der Waals surface area contributed by atoms with E-state index in [1.807, 2.05) is 28.6 Å². The SMILES string of the molecule is Cc1cccc(-n2ncc(C(=O)N3CCN(Cc4ccc5c(c4)CCO5)CC3)c2C)c1. The summed E-state index contributed by atoms with van der Waals surface area (Å²) in [5.41, 5.74) is 6.37. The third-order valence-corrected chi connectivity index (χ3v) is 6.31. The lowest BCUT2D eigenvalue weighted by Crippen LogP contribution is -2.48. The van der Waals surface area contributed by atoms with Crippen LogP contribution >= 0.6 is 0 Å². The van der Waals surface area contributed by atoms with Crippen molar-refractivity contribution in [2.75, 3.05) is 32.8 Å². The zero-order valence-electron chi connectivity index (χ0n) is 18.2. The summed E-state index contributed by atoms with van der Waals surface area (Å²) < 4.78 is 7.46. The van der Waals surface area contributed by atoms with E-state index in [2.05, 4.69) is 47.3 Å². The van der Waals surface area contributed by atoms with E-state index in [4.69, 9.17) is 4.74 Å². The molecule has 0 radical (unpaired) electrons. The van der Waals surface area contributed by atoms with Crippen LogP contribution in [0.1, 0.15) is 32.7 Å². The number of ether oxygens (including phenoxy) is 1. The molecule has 0 unspecified atom stereocenters. The molecule has 3 aromatic rings. The Morgan fingerprint density at radius 2 is 1.90 bits per heavy atom. The Labute approximate surface area is 183 Å². The van der Waals surface area contributed by atoms with Crippen molar-refractivity contribution in [3.05, 3.63) is 76.6 Å². The van der Waals surface area contributed by atoms with Gasteiger partial charge in [-0.2, -0.15) is 5.10 Å². The second-order valence-corrected chi connectivity index (χ2v) is 8.50. The van der Waals surface area contributed by atoms with Gasteiger partial charge in [0.2, 0.25) is 0 Å². The second-order valence-electron chi connectivity index (χ2n) is 8.50. The molecule has 160 valence electrons. The van der Waals surface area contributed by atoms with Gasteiger partial charge in [0.15, 0.2) is 0 Å². The molecule has 0 atom stereocenters. The molecule has 6 heteroatoms. The smallest absolute Gasteiger partial charge is 0.257 e. The predicted molar refractivity (Wildman–Crippen MR) is 120 cm³/mol. The minimum absolute atomic E-state index is 0.0748. The van der Waals surface area contributed by atoms with Crippen LogP contribution in [0.5, 0.6) is 5.75 Å². The van der Waals surface area contributed by atoms with E-state index in [1.165, 1.54) is 16.7 Å².